The Labute approximate surface area is 467 Å². The molecule has 4 fully saturated rings. The molecule has 13 heterocycles. The van der Waals surface area contributed by atoms with Gasteiger partial charge in [0.1, 0.15) is 39.1 Å². The standard InChI is InChI=1S/2C20H21N7O3.C10H12BrNO2.C4H8O2/c2*1-12-5-6-16(30-12)19-26-20(21)25-18-15(9-22-27(18)19)24-17-4-2-3-13(23-17)10-29-14-7-8-28-11-14;11-10-3-1-2-8(12-10)6-14-9-4-5-13-7-9;5-4-1-2-6-3-4/h2*2-6,9,14H,7-8,10-11H2,1H3,(H2,21,25)(H,23,24);1-3,9H,4-7H2;4-5H,1-3H2/t2*14-;9-;4-/m1111/s1. The molecule has 7 N–H and O–H groups in total. The van der Waals surface area contributed by atoms with E-state index in [1.165, 1.54) is 0 Å². The van der Waals surface area contributed by atoms with Gasteiger partial charge in [-0.05, 0) is 116 Å². The minimum atomic E-state index is -0.176. The zero-order valence-corrected chi connectivity index (χ0v) is 45.7. The van der Waals surface area contributed by atoms with E-state index in [4.69, 9.17) is 58.6 Å². The summed E-state index contributed by atoms with van der Waals surface area (Å²) in [4.78, 5) is 30.7. The minimum Gasteiger partial charge on any atom is -0.458 e. The summed E-state index contributed by atoms with van der Waals surface area (Å²) in [5.74, 6) is 5.20. The van der Waals surface area contributed by atoms with Gasteiger partial charge in [-0.25, -0.2) is 15.0 Å². The van der Waals surface area contributed by atoms with Crippen LogP contribution in [0.4, 0.5) is 34.9 Å². The van der Waals surface area contributed by atoms with Crippen molar-refractivity contribution in [3.05, 3.63) is 124 Å². The molecule has 0 unspecified atom stereocenters. The van der Waals surface area contributed by atoms with Crippen molar-refractivity contribution in [1.29, 1.82) is 0 Å². The first kappa shape index (κ1) is 55.8. The van der Waals surface area contributed by atoms with Crippen LogP contribution in [0.15, 0.2) is 105 Å². The molecule has 4 saturated heterocycles. The number of aryl methyl sites for hydroxylation is 2. The van der Waals surface area contributed by atoms with Crippen molar-refractivity contribution < 1.29 is 47.1 Å². The number of aliphatic hydroxyl groups excluding tert-OH is 1. The Bertz CT molecular complexity index is 3240. The van der Waals surface area contributed by atoms with Crippen LogP contribution in [-0.2, 0) is 53.0 Å². The number of pyridine rings is 3. The number of rotatable bonds is 15. The molecular formula is C54H62BrN15O10. The molecule has 26 heteroatoms. The highest BCUT2D eigenvalue weighted by Crippen LogP contribution is 2.28. The van der Waals surface area contributed by atoms with E-state index < -0.39 is 0 Å². The van der Waals surface area contributed by atoms with Gasteiger partial charge in [-0.3, -0.25) is 0 Å². The van der Waals surface area contributed by atoms with Crippen molar-refractivity contribution in [3.8, 4) is 23.2 Å². The van der Waals surface area contributed by atoms with E-state index in [0.717, 1.165) is 85.3 Å². The molecule has 0 aromatic carbocycles. The predicted octanol–water partition coefficient (Wildman–Crippen LogP) is 7.36. The highest BCUT2D eigenvalue weighted by molar-refractivity contribution is 9.10. The molecule has 13 rings (SSSR count). The van der Waals surface area contributed by atoms with Crippen LogP contribution in [0.3, 0.4) is 0 Å². The molecule has 0 radical (unpaired) electrons. The van der Waals surface area contributed by atoms with E-state index in [2.05, 4.69) is 71.6 Å². The van der Waals surface area contributed by atoms with Crippen molar-refractivity contribution in [1.82, 2.24) is 54.1 Å². The van der Waals surface area contributed by atoms with Gasteiger partial charge < -0.3 is 69.2 Å². The fourth-order valence-electron chi connectivity index (χ4n) is 8.52. The van der Waals surface area contributed by atoms with Crippen LogP contribution in [0, 0.1) is 13.8 Å². The molecular weight excluding hydrogens is 1100 g/mol. The van der Waals surface area contributed by atoms with Gasteiger partial charge in [-0.1, -0.05) is 18.2 Å². The smallest absolute Gasteiger partial charge is 0.224 e. The second kappa shape index (κ2) is 27.1. The molecule has 0 saturated carbocycles. The summed E-state index contributed by atoms with van der Waals surface area (Å²) in [6.45, 7) is 10.7. The second-order valence-electron chi connectivity index (χ2n) is 18.9. The number of furan rings is 2. The maximum absolute atomic E-state index is 8.60. The zero-order chi connectivity index (χ0) is 55.2. The number of aromatic nitrogens is 11. The Morgan fingerprint density at radius 1 is 0.537 bits per heavy atom. The summed E-state index contributed by atoms with van der Waals surface area (Å²) in [6.07, 6.45) is 7.29. The number of nitrogen functional groups attached to an aromatic ring is 2. The van der Waals surface area contributed by atoms with Gasteiger partial charge in [0.05, 0.1) is 100 Å². The third-order valence-electron chi connectivity index (χ3n) is 12.6. The number of aliphatic hydroxyl groups is 1. The third kappa shape index (κ3) is 15.2. The van der Waals surface area contributed by atoms with Crippen molar-refractivity contribution in [2.75, 3.05) is 75.0 Å². The summed E-state index contributed by atoms with van der Waals surface area (Å²) in [7, 11) is 0. The lowest BCUT2D eigenvalue weighted by Gasteiger charge is -2.10. The molecule has 80 heavy (non-hydrogen) atoms. The van der Waals surface area contributed by atoms with Crippen LogP contribution in [-0.4, -0.2) is 136 Å². The molecule has 25 nitrogen and oxygen atoms in total. The Morgan fingerprint density at radius 2 is 0.963 bits per heavy atom. The molecule has 0 bridgehead atoms. The first-order chi connectivity index (χ1) is 39.0. The third-order valence-corrected chi connectivity index (χ3v) is 13.0. The minimum absolute atomic E-state index is 0.129. The lowest BCUT2D eigenvalue weighted by Crippen LogP contribution is -2.12. The van der Waals surface area contributed by atoms with E-state index in [1.54, 1.807) is 21.4 Å². The van der Waals surface area contributed by atoms with Crippen LogP contribution in [0.5, 0.6) is 0 Å². The average molecular weight is 1160 g/mol. The van der Waals surface area contributed by atoms with Crippen LogP contribution in [0.1, 0.15) is 54.3 Å². The monoisotopic (exact) mass is 1160 g/mol. The summed E-state index contributed by atoms with van der Waals surface area (Å²) < 4.78 is 53.4. The lowest BCUT2D eigenvalue weighted by atomic mass is 10.3. The Kier molecular flexibility index (Phi) is 18.9. The molecule has 0 amide bonds. The van der Waals surface area contributed by atoms with Gasteiger partial charge in [0.25, 0.3) is 0 Å². The highest BCUT2D eigenvalue weighted by Gasteiger charge is 2.21. The van der Waals surface area contributed by atoms with Gasteiger partial charge in [-0.15, -0.1) is 0 Å². The van der Waals surface area contributed by atoms with Gasteiger partial charge in [0, 0.05) is 26.4 Å². The van der Waals surface area contributed by atoms with E-state index in [0.29, 0.717) is 104 Å². The molecule has 0 spiro atoms. The quantitative estimate of drug-likeness (QED) is 0.0626. The SMILES string of the molecule is Brc1cccc(CO[C@@H]2CCOC2)n1.Cc1ccc(-c2nc(N)nc3c(Nc4cccc(CO[C@@H]5CCOC5)n4)cnn23)o1.Cc1ccc(-c2nc(N)nc3c(Nc4cccc(CO[C@@H]5CCOC5)n4)cnn23)o1.O[C@@H]1CCOC1. The number of ether oxygens (including phenoxy) is 7. The first-order valence-corrected chi connectivity index (χ1v) is 26.9. The van der Waals surface area contributed by atoms with Crippen LogP contribution >= 0.6 is 15.9 Å². The van der Waals surface area contributed by atoms with Crippen molar-refractivity contribution in [3.63, 3.8) is 0 Å². The van der Waals surface area contributed by atoms with Gasteiger partial charge in [0.15, 0.2) is 22.8 Å². The maximum atomic E-state index is 8.60. The Morgan fingerprint density at radius 3 is 1.32 bits per heavy atom. The largest absolute Gasteiger partial charge is 0.458 e. The van der Waals surface area contributed by atoms with Crippen molar-refractivity contribution in [2.45, 2.75) is 83.8 Å². The summed E-state index contributed by atoms with van der Waals surface area (Å²) in [5.41, 5.74) is 16.8. The van der Waals surface area contributed by atoms with E-state index in [1.807, 2.05) is 92.7 Å². The number of fused-ring (bicyclic) bond motifs is 2. The fraction of sp³-hybridized carbons (Fsp3) is 0.389. The molecule has 0 aliphatic carbocycles. The van der Waals surface area contributed by atoms with Gasteiger partial charge in [-0.2, -0.15) is 39.2 Å². The summed E-state index contributed by atoms with van der Waals surface area (Å²) in [6, 6.07) is 24.6. The van der Waals surface area contributed by atoms with E-state index in [-0.39, 0.29) is 36.3 Å². The average Bonchev–Trinajstić information content (AvgIpc) is 4.34. The maximum Gasteiger partial charge on any atom is 0.224 e. The van der Waals surface area contributed by atoms with Crippen LogP contribution in [0.2, 0.25) is 0 Å². The van der Waals surface area contributed by atoms with E-state index in [9.17, 15) is 0 Å². The molecule has 420 valence electrons. The zero-order valence-electron chi connectivity index (χ0n) is 44.1. The second-order valence-corrected chi connectivity index (χ2v) is 19.7. The molecule has 4 aliphatic heterocycles. The Hall–Kier alpha value is -7.53. The lowest BCUT2D eigenvalue weighted by molar-refractivity contribution is 0.0301. The topological polar surface area (TPSA) is 312 Å². The van der Waals surface area contributed by atoms with Crippen LogP contribution in [0.25, 0.3) is 34.5 Å². The van der Waals surface area contributed by atoms with Crippen molar-refractivity contribution >= 4 is 62.1 Å². The summed E-state index contributed by atoms with van der Waals surface area (Å²) >= 11 is 3.32. The van der Waals surface area contributed by atoms with Crippen molar-refractivity contribution in [2.24, 2.45) is 0 Å². The van der Waals surface area contributed by atoms with E-state index >= 15 is 0 Å². The number of nitrogens with two attached hydrogens (primary N) is 2. The number of nitrogens with zero attached hydrogens (tertiary/aromatic N) is 11. The normalized spacial score (nSPS) is 18.6. The molecule has 4 aliphatic rings. The molecule has 4 atom stereocenters. The number of hydrogen-bond acceptors (Lipinski definition) is 23. The predicted molar refractivity (Wildman–Crippen MR) is 296 cm³/mol. The van der Waals surface area contributed by atoms with Gasteiger partial charge in [0.2, 0.25) is 23.5 Å². The highest BCUT2D eigenvalue weighted by atomic mass is 79.9. The first-order valence-electron chi connectivity index (χ1n) is 26.1. The molecule has 9 aromatic heterocycles. The Balaban J connectivity index is 0.000000135. The van der Waals surface area contributed by atoms with Crippen LogP contribution < -0.4 is 22.1 Å². The molecule has 9 aromatic rings. The van der Waals surface area contributed by atoms with Gasteiger partial charge >= 0.3 is 0 Å². The fourth-order valence-corrected chi connectivity index (χ4v) is 8.90. The summed E-state index contributed by atoms with van der Waals surface area (Å²) in [5, 5.41) is 23.9. The number of halogens is 1. The number of nitrogens with one attached hydrogen (secondary N) is 2. The number of anilines is 6. The number of hydrogen-bond donors (Lipinski definition) is 5.